The summed E-state index contributed by atoms with van der Waals surface area (Å²) in [7, 11) is 0. The second-order valence-electron chi connectivity index (χ2n) is 9.09. The molecule has 1 amide bonds. The lowest BCUT2D eigenvalue weighted by molar-refractivity contribution is -0.276. The lowest BCUT2D eigenvalue weighted by Gasteiger charge is -2.29. The van der Waals surface area contributed by atoms with Gasteiger partial charge in [0.25, 0.3) is 0 Å². The Morgan fingerprint density at radius 3 is 2.48 bits per heavy atom. The highest BCUT2D eigenvalue weighted by Crippen LogP contribution is 2.59. The van der Waals surface area contributed by atoms with Crippen LogP contribution in [0.5, 0.6) is 5.88 Å². The van der Waals surface area contributed by atoms with E-state index in [4.69, 9.17) is 4.74 Å². The molecule has 1 aromatic rings. The Hall–Kier alpha value is -2.32. The summed E-state index contributed by atoms with van der Waals surface area (Å²) in [4.78, 5) is 31.0. The van der Waals surface area contributed by atoms with Crippen molar-refractivity contribution < 1.29 is 32.2 Å². The summed E-state index contributed by atoms with van der Waals surface area (Å²) < 4.78 is 46.7. The number of hydrogen-bond donors (Lipinski definition) is 0. The van der Waals surface area contributed by atoms with Gasteiger partial charge >= 0.3 is 12.5 Å². The van der Waals surface area contributed by atoms with Gasteiger partial charge < -0.3 is 9.47 Å². The van der Waals surface area contributed by atoms with E-state index in [-0.39, 0.29) is 29.4 Å². The van der Waals surface area contributed by atoms with Crippen molar-refractivity contribution in [1.82, 2.24) is 9.88 Å². The van der Waals surface area contributed by atoms with Crippen molar-refractivity contribution in [3.63, 3.8) is 0 Å². The quantitative estimate of drug-likeness (QED) is 0.739. The van der Waals surface area contributed by atoms with Gasteiger partial charge in [-0.15, -0.1) is 13.2 Å². The number of ketones is 1. The summed E-state index contributed by atoms with van der Waals surface area (Å²) in [6.07, 6.45) is -4.28. The predicted molar refractivity (Wildman–Crippen MR) is 97.4 cm³/mol. The maximum Gasteiger partial charge on any atom is 0.574 e. The number of ether oxygens (including phenoxy) is 2. The molecular weight excluding hydrogens is 389 g/mol. The number of halogens is 3. The van der Waals surface area contributed by atoms with E-state index in [1.165, 1.54) is 11.0 Å². The van der Waals surface area contributed by atoms with Gasteiger partial charge in [-0.1, -0.05) is 13.0 Å². The number of nitrogens with zero attached hydrogens (tertiary/aromatic N) is 2. The number of aryl methyl sites for hydroxylation is 1. The number of carbonyl (C=O) groups excluding carboxylic acids is 2. The van der Waals surface area contributed by atoms with Gasteiger partial charge in [0.05, 0.1) is 18.2 Å². The third-order valence-electron chi connectivity index (χ3n) is 5.35. The Labute approximate surface area is 167 Å². The summed E-state index contributed by atoms with van der Waals surface area (Å²) in [6.45, 7) is 8.94. The van der Waals surface area contributed by atoms with Crippen molar-refractivity contribution in [1.29, 1.82) is 0 Å². The highest BCUT2D eigenvalue weighted by Gasteiger charge is 2.65. The number of likely N-dealkylation sites (tertiary alicyclic amines) is 1. The van der Waals surface area contributed by atoms with Crippen molar-refractivity contribution in [2.45, 2.75) is 77.9 Å². The number of pyridine rings is 1. The van der Waals surface area contributed by atoms with Gasteiger partial charge in [0.1, 0.15) is 5.60 Å². The predicted octanol–water partition coefficient (Wildman–Crippen LogP) is 4.19. The van der Waals surface area contributed by atoms with Gasteiger partial charge in [-0.2, -0.15) is 0 Å². The Bertz CT molecular complexity index is 834. The highest BCUT2D eigenvalue weighted by molar-refractivity contribution is 5.90. The van der Waals surface area contributed by atoms with Crippen molar-refractivity contribution >= 4 is 11.9 Å². The highest BCUT2D eigenvalue weighted by atomic mass is 19.4. The molecular formula is C20H25F3N2O4. The lowest BCUT2D eigenvalue weighted by atomic mass is 9.96. The number of rotatable bonds is 4. The first-order chi connectivity index (χ1) is 13.2. The second kappa shape index (κ2) is 6.88. The molecule has 3 rings (SSSR count). The molecule has 2 heterocycles. The van der Waals surface area contributed by atoms with Gasteiger partial charge in [-0.05, 0) is 51.5 Å². The molecule has 0 unspecified atom stereocenters. The zero-order chi connectivity index (χ0) is 21.8. The number of hydrogen-bond acceptors (Lipinski definition) is 5. The van der Waals surface area contributed by atoms with E-state index in [1.54, 1.807) is 27.7 Å². The van der Waals surface area contributed by atoms with Crippen molar-refractivity contribution in [3.05, 3.63) is 23.4 Å². The topological polar surface area (TPSA) is 68.7 Å². The number of alkyl halides is 3. The molecule has 160 valence electrons. The smallest absolute Gasteiger partial charge is 0.444 e. The number of fused-ring (bicyclic) bond motifs is 1. The molecule has 29 heavy (non-hydrogen) atoms. The van der Waals surface area contributed by atoms with Crippen LogP contribution in [-0.2, 0) is 16.0 Å². The largest absolute Gasteiger partial charge is 0.574 e. The van der Waals surface area contributed by atoms with E-state index in [0.717, 1.165) is 12.5 Å². The summed E-state index contributed by atoms with van der Waals surface area (Å²) >= 11 is 0. The van der Waals surface area contributed by atoms with E-state index in [2.05, 4.69) is 9.72 Å². The number of piperidine rings is 1. The van der Waals surface area contributed by atoms with Crippen LogP contribution < -0.4 is 4.74 Å². The fraction of sp³-hybridized carbons (Fsp3) is 0.650. The van der Waals surface area contributed by atoms with E-state index in [1.807, 2.05) is 6.92 Å². The second-order valence-corrected chi connectivity index (χ2v) is 9.09. The minimum absolute atomic E-state index is 0.0553. The van der Waals surface area contributed by atoms with E-state index in [0.29, 0.717) is 12.0 Å². The zero-order valence-corrected chi connectivity index (χ0v) is 17.1. The summed E-state index contributed by atoms with van der Waals surface area (Å²) in [5.41, 5.74) is -0.0429. The lowest BCUT2D eigenvalue weighted by Crippen LogP contribution is -2.46. The van der Waals surface area contributed by atoms with Gasteiger partial charge in [0, 0.05) is 12.1 Å². The minimum atomic E-state index is -4.86. The third kappa shape index (κ3) is 4.82. The van der Waals surface area contributed by atoms with Crippen LogP contribution in [0.15, 0.2) is 12.1 Å². The monoisotopic (exact) mass is 414 g/mol. The van der Waals surface area contributed by atoms with E-state index < -0.39 is 30.0 Å². The molecule has 3 atom stereocenters. The van der Waals surface area contributed by atoms with Crippen LogP contribution in [0.25, 0.3) is 0 Å². The maximum atomic E-state index is 13.0. The molecule has 2 aliphatic rings. The number of Topliss-reactive ketones (excluding diaryl/α,β-unsaturated/α-hetero) is 1. The zero-order valence-electron chi connectivity index (χ0n) is 17.1. The molecule has 6 nitrogen and oxygen atoms in total. The van der Waals surface area contributed by atoms with Crippen molar-refractivity contribution in [2.24, 2.45) is 5.41 Å². The van der Waals surface area contributed by atoms with Crippen molar-refractivity contribution in [3.8, 4) is 5.88 Å². The fourth-order valence-electron chi connectivity index (χ4n) is 3.82. The first-order valence-electron chi connectivity index (χ1n) is 9.45. The van der Waals surface area contributed by atoms with Crippen LogP contribution in [0, 0.1) is 12.3 Å². The molecule has 0 bridgehead atoms. The molecule has 0 radical (unpaired) electrons. The van der Waals surface area contributed by atoms with Gasteiger partial charge in [0.2, 0.25) is 5.88 Å². The van der Waals surface area contributed by atoms with Crippen LogP contribution in [0.2, 0.25) is 0 Å². The number of aromatic nitrogens is 1. The van der Waals surface area contributed by atoms with Crippen molar-refractivity contribution in [2.75, 3.05) is 0 Å². The standard InChI is InChI=1S/C20H25F3N2O4/c1-11-6-7-16(28-20(21,22)23)24-12(11)8-14(26)13-9-19(5)10-15(19)25(13)17(27)29-18(2,3)4/h6-7,13,15H,8-10H2,1-5H3/t13-,15+,19-/m0/s1. The molecule has 1 saturated carbocycles. The average Bonchev–Trinajstić information content (AvgIpc) is 3.08. The Kier molecular flexibility index (Phi) is 5.07. The van der Waals surface area contributed by atoms with Crippen LogP contribution in [-0.4, -0.2) is 45.8 Å². The first kappa shape index (κ1) is 21.4. The molecule has 1 aliphatic carbocycles. The van der Waals surface area contributed by atoms with E-state index in [9.17, 15) is 22.8 Å². The molecule has 1 aliphatic heterocycles. The SMILES string of the molecule is Cc1ccc(OC(F)(F)F)nc1CC(=O)[C@@H]1C[C@@]2(C)C[C@H]2N1C(=O)OC(C)(C)C. The molecule has 9 heteroatoms. The van der Waals surface area contributed by atoms with Crippen LogP contribution in [0.4, 0.5) is 18.0 Å². The molecule has 1 saturated heterocycles. The minimum Gasteiger partial charge on any atom is -0.444 e. The Balaban J connectivity index is 1.77. The normalized spacial score (nSPS) is 26.1. The number of carbonyl (C=O) groups is 2. The van der Waals surface area contributed by atoms with E-state index >= 15 is 0 Å². The molecule has 2 fully saturated rings. The van der Waals surface area contributed by atoms with Crippen LogP contribution >= 0.6 is 0 Å². The van der Waals surface area contributed by atoms with Crippen LogP contribution in [0.3, 0.4) is 0 Å². The molecule has 0 N–H and O–H groups in total. The van der Waals surface area contributed by atoms with Gasteiger partial charge in [-0.25, -0.2) is 9.78 Å². The molecule has 0 aromatic carbocycles. The van der Waals surface area contributed by atoms with Crippen LogP contribution in [0.1, 0.15) is 51.8 Å². The molecule has 0 spiro atoms. The van der Waals surface area contributed by atoms with Gasteiger partial charge in [0.15, 0.2) is 5.78 Å². The Morgan fingerprint density at radius 2 is 1.90 bits per heavy atom. The Morgan fingerprint density at radius 1 is 1.24 bits per heavy atom. The maximum absolute atomic E-state index is 13.0. The molecule has 1 aromatic heterocycles. The average molecular weight is 414 g/mol. The third-order valence-corrected chi connectivity index (χ3v) is 5.35. The summed E-state index contributed by atoms with van der Waals surface area (Å²) in [6, 6.07) is 1.80. The van der Waals surface area contributed by atoms with Gasteiger partial charge in [-0.3, -0.25) is 9.69 Å². The summed E-state index contributed by atoms with van der Waals surface area (Å²) in [5.74, 6) is -0.889. The summed E-state index contributed by atoms with van der Waals surface area (Å²) in [5, 5.41) is 0. The number of amides is 1. The fourth-order valence-corrected chi connectivity index (χ4v) is 3.82. The first-order valence-corrected chi connectivity index (χ1v) is 9.45.